The van der Waals surface area contributed by atoms with Gasteiger partial charge in [0.2, 0.25) is 0 Å². The zero-order valence-electron chi connectivity index (χ0n) is 8.96. The molecular weight excluding hydrogens is 158 g/mol. The van der Waals surface area contributed by atoms with Crippen LogP contribution in [0.4, 0.5) is 0 Å². The Morgan fingerprint density at radius 2 is 1.69 bits per heavy atom. The number of nitrogens with one attached hydrogen (secondary N) is 1. The van der Waals surface area contributed by atoms with Gasteiger partial charge in [0.15, 0.2) is 0 Å². The van der Waals surface area contributed by atoms with Crippen molar-refractivity contribution < 1.29 is 0 Å². The average molecular weight is 177 g/mol. The second-order valence-corrected chi connectivity index (χ2v) is 3.90. The molecule has 0 aliphatic heterocycles. The first-order valence-electron chi connectivity index (χ1n) is 4.93. The SMILES string of the molecule is Cc1ccccc1C(C)NC(C)C. The molecule has 0 amide bonds. The minimum atomic E-state index is 0.446. The minimum Gasteiger partial charge on any atom is -0.308 e. The Bertz CT molecular complexity index is 266. The Morgan fingerprint density at radius 1 is 1.08 bits per heavy atom. The maximum atomic E-state index is 3.50. The lowest BCUT2D eigenvalue weighted by atomic mass is 10.0. The molecule has 1 atom stereocenters. The highest BCUT2D eigenvalue weighted by Crippen LogP contribution is 2.16. The zero-order chi connectivity index (χ0) is 9.84. The van der Waals surface area contributed by atoms with Gasteiger partial charge in [-0.2, -0.15) is 0 Å². The van der Waals surface area contributed by atoms with E-state index < -0.39 is 0 Å². The highest BCUT2D eigenvalue weighted by atomic mass is 14.9. The summed E-state index contributed by atoms with van der Waals surface area (Å²) in [6.45, 7) is 8.72. The lowest BCUT2D eigenvalue weighted by Crippen LogP contribution is -2.26. The van der Waals surface area contributed by atoms with Gasteiger partial charge in [0, 0.05) is 12.1 Å². The van der Waals surface area contributed by atoms with Gasteiger partial charge in [-0.1, -0.05) is 38.1 Å². The lowest BCUT2D eigenvalue weighted by molar-refractivity contribution is 0.505. The van der Waals surface area contributed by atoms with Gasteiger partial charge in [0.25, 0.3) is 0 Å². The molecular formula is C12H19N. The van der Waals surface area contributed by atoms with Crippen molar-refractivity contribution in [2.75, 3.05) is 0 Å². The summed E-state index contributed by atoms with van der Waals surface area (Å²) in [4.78, 5) is 0. The Morgan fingerprint density at radius 3 is 2.23 bits per heavy atom. The van der Waals surface area contributed by atoms with E-state index in [2.05, 4.69) is 57.3 Å². The van der Waals surface area contributed by atoms with Gasteiger partial charge < -0.3 is 5.32 Å². The second kappa shape index (κ2) is 4.43. The first-order chi connectivity index (χ1) is 6.11. The second-order valence-electron chi connectivity index (χ2n) is 3.90. The first-order valence-corrected chi connectivity index (χ1v) is 4.93. The number of aryl methyl sites for hydroxylation is 1. The van der Waals surface area contributed by atoms with Gasteiger partial charge in [-0.3, -0.25) is 0 Å². The fraction of sp³-hybridized carbons (Fsp3) is 0.500. The van der Waals surface area contributed by atoms with Gasteiger partial charge in [-0.05, 0) is 25.0 Å². The van der Waals surface area contributed by atoms with E-state index in [4.69, 9.17) is 0 Å². The summed E-state index contributed by atoms with van der Waals surface area (Å²) in [6.07, 6.45) is 0. The normalized spacial score (nSPS) is 13.3. The monoisotopic (exact) mass is 177 g/mol. The predicted octanol–water partition coefficient (Wildman–Crippen LogP) is 3.05. The maximum Gasteiger partial charge on any atom is 0.0296 e. The third kappa shape index (κ3) is 2.85. The van der Waals surface area contributed by atoms with E-state index in [0.29, 0.717) is 12.1 Å². The molecule has 0 aliphatic rings. The highest BCUT2D eigenvalue weighted by molar-refractivity contribution is 5.28. The number of hydrogen-bond donors (Lipinski definition) is 1. The third-order valence-corrected chi connectivity index (χ3v) is 2.24. The van der Waals surface area contributed by atoms with Crippen molar-refractivity contribution in [1.29, 1.82) is 0 Å². The standard InChI is InChI=1S/C12H19N/c1-9(2)13-11(4)12-8-6-5-7-10(12)3/h5-9,11,13H,1-4H3. The molecule has 1 N–H and O–H groups in total. The molecule has 0 saturated heterocycles. The summed E-state index contributed by atoms with van der Waals surface area (Å²) in [6, 6.07) is 9.51. The topological polar surface area (TPSA) is 12.0 Å². The van der Waals surface area contributed by atoms with Crippen molar-refractivity contribution >= 4 is 0 Å². The summed E-state index contributed by atoms with van der Waals surface area (Å²) < 4.78 is 0. The van der Waals surface area contributed by atoms with E-state index in [0.717, 1.165) is 0 Å². The van der Waals surface area contributed by atoms with Gasteiger partial charge in [0.05, 0.1) is 0 Å². The molecule has 0 radical (unpaired) electrons. The number of rotatable bonds is 3. The van der Waals surface area contributed by atoms with Gasteiger partial charge >= 0.3 is 0 Å². The molecule has 0 aliphatic carbocycles. The fourth-order valence-electron chi connectivity index (χ4n) is 1.66. The predicted molar refractivity (Wildman–Crippen MR) is 57.9 cm³/mol. The maximum absolute atomic E-state index is 3.50. The van der Waals surface area contributed by atoms with Crippen molar-refractivity contribution in [3.8, 4) is 0 Å². The minimum absolute atomic E-state index is 0.446. The molecule has 0 aromatic heterocycles. The van der Waals surface area contributed by atoms with E-state index in [1.54, 1.807) is 0 Å². The number of hydrogen-bond acceptors (Lipinski definition) is 1. The molecule has 0 fully saturated rings. The Hall–Kier alpha value is -0.820. The van der Waals surface area contributed by atoms with Crippen molar-refractivity contribution in [3.05, 3.63) is 35.4 Å². The van der Waals surface area contributed by atoms with E-state index in [1.807, 2.05) is 0 Å². The van der Waals surface area contributed by atoms with Crippen LogP contribution >= 0.6 is 0 Å². The summed E-state index contributed by atoms with van der Waals surface area (Å²) >= 11 is 0. The van der Waals surface area contributed by atoms with Crippen molar-refractivity contribution in [2.24, 2.45) is 0 Å². The quantitative estimate of drug-likeness (QED) is 0.748. The van der Waals surface area contributed by atoms with Crippen LogP contribution in [0.1, 0.15) is 37.9 Å². The smallest absolute Gasteiger partial charge is 0.0296 e. The summed E-state index contributed by atoms with van der Waals surface area (Å²) in [7, 11) is 0. The molecule has 0 saturated carbocycles. The molecule has 1 aromatic carbocycles. The third-order valence-electron chi connectivity index (χ3n) is 2.24. The molecule has 1 unspecified atom stereocenters. The molecule has 1 nitrogen and oxygen atoms in total. The first kappa shape index (κ1) is 10.3. The molecule has 13 heavy (non-hydrogen) atoms. The molecule has 0 spiro atoms. The van der Waals surface area contributed by atoms with E-state index in [1.165, 1.54) is 11.1 Å². The highest BCUT2D eigenvalue weighted by Gasteiger charge is 2.07. The Labute approximate surface area is 81.2 Å². The molecule has 0 heterocycles. The summed E-state index contributed by atoms with van der Waals surface area (Å²) in [5.74, 6) is 0. The van der Waals surface area contributed by atoms with Crippen LogP contribution in [0, 0.1) is 6.92 Å². The molecule has 0 bridgehead atoms. The average Bonchev–Trinajstić information content (AvgIpc) is 2.03. The lowest BCUT2D eigenvalue weighted by Gasteiger charge is -2.18. The summed E-state index contributed by atoms with van der Waals surface area (Å²) in [5, 5.41) is 3.50. The van der Waals surface area contributed by atoms with Crippen LogP contribution in [0.25, 0.3) is 0 Å². The van der Waals surface area contributed by atoms with Gasteiger partial charge in [-0.25, -0.2) is 0 Å². The van der Waals surface area contributed by atoms with E-state index >= 15 is 0 Å². The van der Waals surface area contributed by atoms with Gasteiger partial charge in [0.1, 0.15) is 0 Å². The zero-order valence-corrected chi connectivity index (χ0v) is 8.96. The van der Waals surface area contributed by atoms with Crippen molar-refractivity contribution in [3.63, 3.8) is 0 Å². The Balaban J connectivity index is 2.76. The summed E-state index contributed by atoms with van der Waals surface area (Å²) in [5.41, 5.74) is 2.76. The van der Waals surface area contributed by atoms with E-state index in [-0.39, 0.29) is 0 Å². The van der Waals surface area contributed by atoms with Gasteiger partial charge in [-0.15, -0.1) is 0 Å². The molecule has 1 aromatic rings. The number of benzene rings is 1. The van der Waals surface area contributed by atoms with E-state index in [9.17, 15) is 0 Å². The fourth-order valence-corrected chi connectivity index (χ4v) is 1.66. The van der Waals surface area contributed by atoms with Crippen LogP contribution in [-0.4, -0.2) is 6.04 Å². The van der Waals surface area contributed by atoms with Crippen LogP contribution in [0.15, 0.2) is 24.3 Å². The molecule has 1 heteroatoms. The van der Waals surface area contributed by atoms with Crippen LogP contribution < -0.4 is 5.32 Å². The van der Waals surface area contributed by atoms with Crippen LogP contribution in [0.5, 0.6) is 0 Å². The largest absolute Gasteiger partial charge is 0.308 e. The molecule has 72 valence electrons. The molecule has 1 rings (SSSR count). The van der Waals surface area contributed by atoms with Crippen LogP contribution in [0.3, 0.4) is 0 Å². The van der Waals surface area contributed by atoms with Crippen molar-refractivity contribution in [2.45, 2.75) is 39.8 Å². The van der Waals surface area contributed by atoms with Crippen LogP contribution in [0.2, 0.25) is 0 Å². The Kier molecular flexibility index (Phi) is 3.49. The van der Waals surface area contributed by atoms with Crippen LogP contribution in [-0.2, 0) is 0 Å². The van der Waals surface area contributed by atoms with Crippen molar-refractivity contribution in [1.82, 2.24) is 5.32 Å².